The van der Waals surface area contributed by atoms with Crippen LogP contribution < -0.4 is 24.8 Å². The molecule has 3 N–H and O–H groups in total. The van der Waals surface area contributed by atoms with Gasteiger partial charge in [0, 0.05) is 49.9 Å². The largest absolute Gasteiger partial charge is 0.494 e. The third-order valence-corrected chi connectivity index (χ3v) is 15.1. The van der Waals surface area contributed by atoms with Crippen LogP contribution in [0.5, 0.6) is 11.6 Å². The topological polar surface area (TPSA) is 176 Å². The van der Waals surface area contributed by atoms with Crippen molar-refractivity contribution in [2.45, 2.75) is 119 Å². The predicted octanol–water partition coefficient (Wildman–Crippen LogP) is 4.82. The summed E-state index contributed by atoms with van der Waals surface area (Å²) in [5.74, 6) is -6.57. The highest BCUT2D eigenvalue weighted by Gasteiger charge is 2.63. The molecule has 0 unspecified atom stereocenters. The fraction of sp³-hybridized carbons (Fsp3) is 0.634. The van der Waals surface area contributed by atoms with Crippen LogP contribution in [0.2, 0.25) is 0 Å². The van der Waals surface area contributed by atoms with Crippen molar-refractivity contribution in [3.05, 3.63) is 42.4 Å². The van der Waals surface area contributed by atoms with E-state index in [1.807, 2.05) is 26.0 Å². The van der Waals surface area contributed by atoms with Gasteiger partial charge in [0.2, 0.25) is 27.7 Å². The number of carbonyl (C=O) groups excluding carboxylic acids is 4. The number of pyridine rings is 1. The van der Waals surface area contributed by atoms with Crippen LogP contribution in [0.3, 0.4) is 0 Å². The first-order chi connectivity index (χ1) is 27.9. The van der Waals surface area contributed by atoms with Gasteiger partial charge in [0.05, 0.1) is 18.4 Å². The van der Waals surface area contributed by atoms with E-state index < -0.39 is 98.7 Å². The number of halogens is 3. The monoisotopic (exact) mass is 846 g/mol. The Balaban J connectivity index is 1.23. The fourth-order valence-electron chi connectivity index (χ4n) is 8.63. The van der Waals surface area contributed by atoms with Crippen LogP contribution in [0, 0.1) is 23.6 Å². The highest BCUT2D eigenvalue weighted by atomic mass is 32.2. The van der Waals surface area contributed by atoms with Gasteiger partial charge in [-0.2, -0.15) is 0 Å². The van der Waals surface area contributed by atoms with E-state index in [0.29, 0.717) is 49.3 Å². The molecule has 59 heavy (non-hydrogen) atoms. The van der Waals surface area contributed by atoms with Gasteiger partial charge in [-0.05, 0) is 80.9 Å². The van der Waals surface area contributed by atoms with Crippen LogP contribution in [0.4, 0.5) is 18.0 Å². The number of hydrogen-bond acceptors (Lipinski definition) is 9. The number of alkyl halides is 2. The molecule has 3 aliphatic heterocycles. The number of fused-ring (bicyclic) bond motifs is 3. The Morgan fingerprint density at radius 3 is 2.51 bits per heavy atom. The molecule has 18 heteroatoms. The molecule has 2 saturated carbocycles. The average molecular weight is 847 g/mol. The van der Waals surface area contributed by atoms with Crippen molar-refractivity contribution in [2.75, 3.05) is 26.7 Å². The van der Waals surface area contributed by atoms with Gasteiger partial charge >= 0.3 is 6.03 Å². The Bertz CT molecular complexity index is 2130. The number of likely N-dealkylation sites (tertiary alicyclic amines) is 1. The minimum Gasteiger partial charge on any atom is -0.494 e. The first-order valence-electron chi connectivity index (χ1n) is 20.5. The lowest BCUT2D eigenvalue weighted by Gasteiger charge is -2.37. The van der Waals surface area contributed by atoms with E-state index in [9.17, 15) is 36.0 Å². The first kappa shape index (κ1) is 42.5. The number of ether oxygens (including phenoxy) is 2. The Labute approximate surface area is 342 Å². The number of benzene rings is 1. The third kappa shape index (κ3) is 8.69. The minimum atomic E-state index is -4.06. The zero-order valence-corrected chi connectivity index (χ0v) is 34.6. The van der Waals surface area contributed by atoms with Crippen molar-refractivity contribution in [3.63, 3.8) is 0 Å². The van der Waals surface area contributed by atoms with Gasteiger partial charge in [-0.1, -0.05) is 32.4 Å². The number of carbonyl (C=O) groups is 4. The summed E-state index contributed by atoms with van der Waals surface area (Å²) in [5, 5.41) is 6.59. The Kier molecular flexibility index (Phi) is 11.6. The molecule has 5 amide bonds. The highest BCUT2D eigenvalue weighted by molar-refractivity contribution is 7.91. The number of piperidine rings is 1. The number of nitrogens with one attached hydrogen (secondary N) is 3. The van der Waals surface area contributed by atoms with E-state index in [0.717, 1.165) is 0 Å². The highest BCUT2D eigenvalue weighted by Crippen LogP contribution is 2.48. The molecule has 7 atom stereocenters. The lowest BCUT2D eigenvalue weighted by atomic mass is 9.85. The van der Waals surface area contributed by atoms with Crippen LogP contribution in [-0.4, -0.2) is 108 Å². The SMILES string of the molecule is CC[C@@H]1C[C@H](C)CCC=C[C@@H]2C[C@@]2(C(=O)NS(=O)(=O)C2(C)CC2)NC(=O)[C@@H]2C[C@@H](Oc3nccc4cc(OC)c(F)cc34)CN2C(=O)[C@H]1NC(=O)N1CCC(F)(F)CC1. The predicted molar refractivity (Wildman–Crippen MR) is 210 cm³/mol. The second-order valence-electron chi connectivity index (χ2n) is 17.2. The number of allylic oxidation sites excluding steroid dienone is 1. The summed E-state index contributed by atoms with van der Waals surface area (Å²) in [5.41, 5.74) is -1.62. The van der Waals surface area contributed by atoms with Gasteiger partial charge in [0.25, 0.3) is 11.8 Å². The second-order valence-corrected chi connectivity index (χ2v) is 19.4. The van der Waals surface area contributed by atoms with Gasteiger partial charge in [0.1, 0.15) is 23.7 Å². The number of rotatable bonds is 8. The molecule has 5 aliphatic rings. The Morgan fingerprint density at radius 1 is 1.10 bits per heavy atom. The Morgan fingerprint density at radius 2 is 1.83 bits per heavy atom. The summed E-state index contributed by atoms with van der Waals surface area (Å²) in [7, 11) is -2.72. The van der Waals surface area contributed by atoms with Crippen molar-refractivity contribution >= 4 is 44.5 Å². The zero-order chi connectivity index (χ0) is 42.5. The zero-order valence-electron chi connectivity index (χ0n) is 33.8. The summed E-state index contributed by atoms with van der Waals surface area (Å²) in [4.78, 5) is 64.3. The normalized spacial score (nSPS) is 30.6. The summed E-state index contributed by atoms with van der Waals surface area (Å²) in [6.45, 7) is 4.91. The van der Waals surface area contributed by atoms with Crippen molar-refractivity contribution < 1.29 is 50.2 Å². The molecule has 0 bridgehead atoms. The average Bonchev–Trinajstić information content (AvgIpc) is 4.07. The number of amides is 5. The van der Waals surface area contributed by atoms with Crippen LogP contribution in [0.25, 0.3) is 10.8 Å². The minimum absolute atomic E-state index is 0.0139. The standard InChI is InChI=1S/C41H53F3N6O8S/c1-5-25-18-24(2)8-6-7-9-27-22-41(27,37(53)48-59(55,56)39(3)11-12-39)47-34(51)31-20-28(58-35-29-21-30(42)32(57-4)19-26(29)10-15-45-35)23-50(31)36(52)33(25)46-38(54)49-16-13-40(43,44)14-17-49/h7,9-10,15,19,21,24-25,27-28,31,33H,5-6,8,11-14,16-18,20,22-23H2,1-4H3,(H,46,54)(H,47,51)(H,48,53)/t24-,25-,27-,28-,31+,33+,41-/m1/s1. The summed E-state index contributed by atoms with van der Waals surface area (Å²) < 4.78 is 82.2. The van der Waals surface area contributed by atoms with Crippen LogP contribution in [0.1, 0.15) is 85.0 Å². The molecule has 1 aromatic carbocycles. The molecule has 0 radical (unpaired) electrons. The fourth-order valence-corrected chi connectivity index (χ4v) is 9.94. The van der Waals surface area contributed by atoms with Gasteiger partial charge in [-0.15, -0.1) is 0 Å². The molecule has 14 nitrogen and oxygen atoms in total. The molecule has 2 saturated heterocycles. The van der Waals surface area contributed by atoms with Gasteiger partial charge < -0.3 is 29.9 Å². The molecular weight excluding hydrogens is 794 g/mol. The van der Waals surface area contributed by atoms with Crippen molar-refractivity contribution in [3.8, 4) is 11.6 Å². The van der Waals surface area contributed by atoms with E-state index in [1.165, 1.54) is 35.2 Å². The maximum atomic E-state index is 15.0. The van der Waals surface area contributed by atoms with Gasteiger partial charge in [0.15, 0.2) is 11.6 Å². The van der Waals surface area contributed by atoms with Crippen molar-refractivity contribution in [1.29, 1.82) is 0 Å². The lowest BCUT2D eigenvalue weighted by molar-refractivity contribution is -0.142. The molecule has 0 spiro atoms. The molecule has 4 fully saturated rings. The first-order valence-corrected chi connectivity index (χ1v) is 22.0. The van der Waals surface area contributed by atoms with Crippen LogP contribution in [-0.2, 0) is 24.4 Å². The Hall–Kier alpha value is -4.61. The molecule has 2 aromatic rings. The molecule has 322 valence electrons. The molecule has 2 aliphatic carbocycles. The lowest BCUT2D eigenvalue weighted by Crippen LogP contribution is -2.60. The maximum absolute atomic E-state index is 15.0. The van der Waals surface area contributed by atoms with E-state index in [2.05, 4.69) is 20.3 Å². The van der Waals surface area contributed by atoms with Gasteiger partial charge in [-0.25, -0.2) is 31.4 Å². The maximum Gasteiger partial charge on any atom is 0.318 e. The van der Waals surface area contributed by atoms with E-state index in [-0.39, 0.29) is 50.0 Å². The third-order valence-electron chi connectivity index (χ3n) is 12.9. The number of hydrogen-bond donors (Lipinski definition) is 3. The number of sulfonamides is 1. The van der Waals surface area contributed by atoms with E-state index in [4.69, 9.17) is 9.47 Å². The van der Waals surface area contributed by atoms with E-state index in [1.54, 1.807) is 13.0 Å². The molecular formula is C41H53F3N6O8S. The molecule has 4 heterocycles. The summed E-state index contributed by atoms with van der Waals surface area (Å²) in [6, 6.07) is 1.26. The number of methoxy groups -OCH3 is 1. The summed E-state index contributed by atoms with van der Waals surface area (Å²) in [6.07, 6.45) is 6.40. The second kappa shape index (κ2) is 16.1. The number of urea groups is 1. The molecule has 7 rings (SSSR count). The van der Waals surface area contributed by atoms with Crippen LogP contribution in [0.15, 0.2) is 36.5 Å². The summed E-state index contributed by atoms with van der Waals surface area (Å²) >= 11 is 0. The van der Waals surface area contributed by atoms with Crippen molar-refractivity contribution in [2.24, 2.45) is 17.8 Å². The number of nitrogens with zero attached hydrogens (tertiary/aromatic N) is 3. The van der Waals surface area contributed by atoms with Crippen LogP contribution >= 0.6 is 0 Å². The number of aromatic nitrogens is 1. The quantitative estimate of drug-likeness (QED) is 0.315. The van der Waals surface area contributed by atoms with E-state index >= 15 is 4.79 Å². The van der Waals surface area contributed by atoms with Crippen molar-refractivity contribution in [1.82, 2.24) is 30.1 Å². The smallest absolute Gasteiger partial charge is 0.318 e. The van der Waals surface area contributed by atoms with Gasteiger partial charge in [-0.3, -0.25) is 19.1 Å². The molecule has 1 aromatic heterocycles.